The number of carbonyl (C=O) groups excluding carboxylic acids is 2. The van der Waals surface area contributed by atoms with E-state index < -0.39 is 6.04 Å². The smallest absolute Gasteiger partial charge is 0.249 e. The predicted molar refractivity (Wildman–Crippen MR) is 75.5 cm³/mol. The molecule has 1 N–H and O–H groups in total. The first-order valence-electron chi connectivity index (χ1n) is 6.47. The summed E-state index contributed by atoms with van der Waals surface area (Å²) in [6.07, 6.45) is 0.421. The molecule has 1 aromatic rings. The summed E-state index contributed by atoms with van der Waals surface area (Å²) in [7, 11) is 3.37. The van der Waals surface area contributed by atoms with Crippen molar-refractivity contribution >= 4 is 11.8 Å². The van der Waals surface area contributed by atoms with E-state index in [4.69, 9.17) is 0 Å². The van der Waals surface area contributed by atoms with Crippen LogP contribution in [0.2, 0.25) is 0 Å². The Hall–Kier alpha value is -1.84. The van der Waals surface area contributed by atoms with Crippen LogP contribution in [0.1, 0.15) is 31.9 Å². The third-order valence-corrected chi connectivity index (χ3v) is 2.72. The lowest BCUT2D eigenvalue weighted by Gasteiger charge is -2.22. The van der Waals surface area contributed by atoms with Gasteiger partial charge in [0.05, 0.1) is 0 Å². The Morgan fingerprint density at radius 1 is 1.16 bits per heavy atom. The van der Waals surface area contributed by atoms with Gasteiger partial charge in [0, 0.05) is 20.5 Å². The van der Waals surface area contributed by atoms with Crippen molar-refractivity contribution in [3.63, 3.8) is 0 Å². The lowest BCUT2D eigenvalue weighted by Crippen LogP contribution is -2.40. The van der Waals surface area contributed by atoms with Gasteiger partial charge in [0.2, 0.25) is 11.8 Å². The van der Waals surface area contributed by atoms with Crippen molar-refractivity contribution < 1.29 is 9.59 Å². The van der Waals surface area contributed by atoms with Crippen LogP contribution in [0, 0.1) is 5.92 Å². The number of nitrogens with one attached hydrogen (secondary N) is 1. The number of hydrogen-bond donors (Lipinski definition) is 1. The van der Waals surface area contributed by atoms with Gasteiger partial charge in [-0.3, -0.25) is 9.59 Å². The Kier molecular flexibility index (Phi) is 5.55. The minimum absolute atomic E-state index is 0.0981. The minimum atomic E-state index is -0.609. The topological polar surface area (TPSA) is 49.4 Å². The zero-order valence-corrected chi connectivity index (χ0v) is 12.0. The highest BCUT2D eigenvalue weighted by Crippen LogP contribution is 2.15. The Morgan fingerprint density at radius 3 is 2.21 bits per heavy atom. The van der Waals surface area contributed by atoms with E-state index in [2.05, 4.69) is 5.32 Å². The summed E-state index contributed by atoms with van der Waals surface area (Å²) >= 11 is 0. The number of benzene rings is 1. The fraction of sp³-hybridized carbons (Fsp3) is 0.467. The second-order valence-corrected chi connectivity index (χ2v) is 5.24. The average molecular weight is 262 g/mol. The summed E-state index contributed by atoms with van der Waals surface area (Å²) in [5.41, 5.74) is 0.804. The molecule has 4 nitrogen and oxygen atoms in total. The molecular weight excluding hydrogens is 240 g/mol. The van der Waals surface area contributed by atoms with Crippen LogP contribution < -0.4 is 5.32 Å². The summed E-state index contributed by atoms with van der Waals surface area (Å²) in [6.45, 7) is 3.95. The maximum atomic E-state index is 12.2. The molecule has 0 spiro atoms. The first kappa shape index (κ1) is 15.2. The average Bonchev–Trinajstić information content (AvgIpc) is 2.35. The van der Waals surface area contributed by atoms with Crippen LogP contribution in [0.5, 0.6) is 0 Å². The molecule has 0 aliphatic heterocycles. The van der Waals surface area contributed by atoms with E-state index in [1.54, 1.807) is 14.1 Å². The molecule has 0 aliphatic carbocycles. The highest BCUT2D eigenvalue weighted by atomic mass is 16.2. The van der Waals surface area contributed by atoms with Crippen molar-refractivity contribution in [2.24, 2.45) is 5.92 Å². The number of carbonyl (C=O) groups is 2. The predicted octanol–water partition coefficient (Wildman–Crippen LogP) is 1.98. The SMILES string of the molecule is CC(C)CC(=O)N[C@H](C(=O)N(C)C)c1ccccc1. The van der Waals surface area contributed by atoms with E-state index in [9.17, 15) is 9.59 Å². The van der Waals surface area contributed by atoms with Gasteiger partial charge in [-0.05, 0) is 11.5 Å². The molecule has 0 aliphatic rings. The third kappa shape index (κ3) is 4.73. The molecule has 0 radical (unpaired) electrons. The Bertz CT molecular complexity index is 427. The molecule has 0 saturated heterocycles. The number of amides is 2. The first-order valence-corrected chi connectivity index (χ1v) is 6.47. The second-order valence-electron chi connectivity index (χ2n) is 5.24. The normalized spacial score (nSPS) is 12.1. The van der Waals surface area contributed by atoms with Gasteiger partial charge in [0.15, 0.2) is 0 Å². The monoisotopic (exact) mass is 262 g/mol. The summed E-state index contributed by atoms with van der Waals surface area (Å²) in [5, 5.41) is 2.82. The van der Waals surface area contributed by atoms with Crippen LogP contribution in [-0.2, 0) is 9.59 Å². The Morgan fingerprint density at radius 2 is 1.74 bits per heavy atom. The largest absolute Gasteiger partial charge is 0.347 e. The van der Waals surface area contributed by atoms with E-state index in [0.29, 0.717) is 6.42 Å². The molecule has 0 bridgehead atoms. The highest BCUT2D eigenvalue weighted by molar-refractivity contribution is 5.88. The summed E-state index contributed by atoms with van der Waals surface area (Å²) in [5.74, 6) is 0.0493. The van der Waals surface area contributed by atoms with E-state index in [1.165, 1.54) is 4.90 Å². The van der Waals surface area contributed by atoms with E-state index in [-0.39, 0.29) is 17.7 Å². The van der Waals surface area contributed by atoms with Gasteiger partial charge in [-0.25, -0.2) is 0 Å². The number of hydrogen-bond acceptors (Lipinski definition) is 2. The van der Waals surface area contributed by atoms with E-state index in [0.717, 1.165) is 5.56 Å². The van der Waals surface area contributed by atoms with Gasteiger partial charge in [0.1, 0.15) is 6.04 Å². The van der Waals surface area contributed by atoms with Crippen LogP contribution >= 0.6 is 0 Å². The molecule has 0 heterocycles. The molecule has 0 saturated carbocycles. The van der Waals surface area contributed by atoms with Crippen LogP contribution in [0.3, 0.4) is 0 Å². The van der Waals surface area contributed by atoms with Gasteiger partial charge in [-0.15, -0.1) is 0 Å². The first-order chi connectivity index (χ1) is 8.91. The van der Waals surface area contributed by atoms with Crippen molar-refractivity contribution in [3.8, 4) is 0 Å². The fourth-order valence-electron chi connectivity index (χ4n) is 1.78. The minimum Gasteiger partial charge on any atom is -0.347 e. The summed E-state index contributed by atoms with van der Waals surface area (Å²) in [6, 6.07) is 8.70. The third-order valence-electron chi connectivity index (χ3n) is 2.72. The maximum absolute atomic E-state index is 12.2. The van der Waals surface area contributed by atoms with Crippen molar-refractivity contribution in [2.75, 3.05) is 14.1 Å². The molecule has 4 heteroatoms. The lowest BCUT2D eigenvalue weighted by atomic mass is 10.0. The number of likely N-dealkylation sites (N-methyl/N-ethyl adjacent to an activating group) is 1. The molecule has 0 fully saturated rings. The van der Waals surface area contributed by atoms with Gasteiger partial charge in [0.25, 0.3) is 0 Å². The molecule has 104 valence electrons. The standard InChI is InChI=1S/C15H22N2O2/c1-11(2)10-13(18)16-14(15(19)17(3)4)12-8-6-5-7-9-12/h5-9,11,14H,10H2,1-4H3,(H,16,18)/t14-/m0/s1. The zero-order chi connectivity index (χ0) is 14.4. The van der Waals surface area contributed by atoms with Crippen LogP contribution in [0.4, 0.5) is 0 Å². The van der Waals surface area contributed by atoms with Crippen molar-refractivity contribution in [1.82, 2.24) is 10.2 Å². The molecular formula is C15H22N2O2. The summed E-state index contributed by atoms with van der Waals surface area (Å²) < 4.78 is 0. The van der Waals surface area contributed by atoms with Gasteiger partial charge >= 0.3 is 0 Å². The number of rotatable bonds is 5. The van der Waals surface area contributed by atoms with Crippen molar-refractivity contribution in [2.45, 2.75) is 26.3 Å². The zero-order valence-electron chi connectivity index (χ0n) is 12.0. The molecule has 19 heavy (non-hydrogen) atoms. The molecule has 2 amide bonds. The van der Waals surface area contributed by atoms with E-state index in [1.807, 2.05) is 44.2 Å². The van der Waals surface area contributed by atoms with E-state index >= 15 is 0 Å². The maximum Gasteiger partial charge on any atom is 0.249 e. The highest BCUT2D eigenvalue weighted by Gasteiger charge is 2.24. The quantitative estimate of drug-likeness (QED) is 0.882. The molecule has 0 unspecified atom stereocenters. The van der Waals surface area contributed by atoms with Gasteiger partial charge < -0.3 is 10.2 Å². The van der Waals surface area contributed by atoms with Crippen LogP contribution in [0.25, 0.3) is 0 Å². The van der Waals surface area contributed by atoms with Gasteiger partial charge in [-0.2, -0.15) is 0 Å². The Balaban J connectivity index is 2.88. The van der Waals surface area contributed by atoms with Crippen molar-refractivity contribution in [3.05, 3.63) is 35.9 Å². The molecule has 1 rings (SSSR count). The number of nitrogens with zero attached hydrogens (tertiary/aromatic N) is 1. The van der Waals surface area contributed by atoms with Crippen LogP contribution in [0.15, 0.2) is 30.3 Å². The lowest BCUT2D eigenvalue weighted by molar-refractivity contribution is -0.134. The Labute approximate surface area is 114 Å². The second kappa shape index (κ2) is 6.92. The fourth-order valence-corrected chi connectivity index (χ4v) is 1.78. The molecule has 1 atom stereocenters. The molecule has 0 aromatic heterocycles. The van der Waals surface area contributed by atoms with Crippen molar-refractivity contribution in [1.29, 1.82) is 0 Å². The van der Waals surface area contributed by atoms with Gasteiger partial charge in [-0.1, -0.05) is 44.2 Å². The van der Waals surface area contributed by atoms with Crippen LogP contribution in [-0.4, -0.2) is 30.8 Å². The summed E-state index contributed by atoms with van der Waals surface area (Å²) in [4.78, 5) is 25.6. The molecule has 1 aromatic carbocycles.